The second-order valence-corrected chi connectivity index (χ2v) is 6.31. The predicted molar refractivity (Wildman–Crippen MR) is 82.5 cm³/mol. The lowest BCUT2D eigenvalue weighted by atomic mass is 9.77. The molecule has 1 N–H and O–H groups in total. The van der Waals surface area contributed by atoms with Gasteiger partial charge < -0.3 is 10.1 Å². The van der Waals surface area contributed by atoms with Crippen LogP contribution in [0.25, 0.3) is 0 Å². The maximum absolute atomic E-state index is 12.6. The molecular weight excluding hydrogens is 280 g/mol. The number of carbonyl (C=O) groups excluding carboxylic acids is 2. The number of carbonyl (C=O) groups is 2. The van der Waals surface area contributed by atoms with Crippen molar-refractivity contribution >= 4 is 11.9 Å². The van der Waals surface area contributed by atoms with E-state index in [2.05, 4.69) is 12.2 Å². The molecule has 1 saturated heterocycles. The summed E-state index contributed by atoms with van der Waals surface area (Å²) in [5.74, 6) is 1.29. The molecule has 0 bridgehead atoms. The van der Waals surface area contributed by atoms with Crippen LogP contribution in [0.2, 0.25) is 0 Å². The van der Waals surface area contributed by atoms with Crippen molar-refractivity contribution in [2.24, 2.45) is 5.92 Å². The van der Waals surface area contributed by atoms with Crippen molar-refractivity contribution in [3.63, 3.8) is 0 Å². The maximum atomic E-state index is 12.6. The highest BCUT2D eigenvalue weighted by Crippen LogP contribution is 2.36. The molecule has 0 atom stereocenters. The molecule has 118 valence electrons. The van der Waals surface area contributed by atoms with Gasteiger partial charge in [0, 0.05) is 0 Å². The van der Waals surface area contributed by atoms with E-state index in [9.17, 15) is 9.59 Å². The molecule has 2 fully saturated rings. The van der Waals surface area contributed by atoms with Gasteiger partial charge in [-0.1, -0.05) is 25.1 Å². The molecule has 1 aromatic rings. The summed E-state index contributed by atoms with van der Waals surface area (Å²) >= 11 is 0. The van der Waals surface area contributed by atoms with E-state index in [0.29, 0.717) is 12.5 Å². The number of nitrogens with one attached hydrogen (secondary N) is 1. The van der Waals surface area contributed by atoms with E-state index in [1.54, 1.807) is 0 Å². The molecule has 5 nitrogen and oxygen atoms in total. The fraction of sp³-hybridized carbons (Fsp3) is 0.529. The third-order valence-electron chi connectivity index (χ3n) is 4.70. The Morgan fingerprint density at radius 3 is 2.59 bits per heavy atom. The largest absolute Gasteiger partial charge is 0.492 e. The summed E-state index contributed by atoms with van der Waals surface area (Å²) in [7, 11) is 0. The number of imide groups is 1. The number of hydrogen-bond donors (Lipinski definition) is 1. The van der Waals surface area contributed by atoms with Gasteiger partial charge in [-0.3, -0.25) is 9.69 Å². The molecule has 1 aliphatic heterocycles. The van der Waals surface area contributed by atoms with Crippen molar-refractivity contribution in [1.29, 1.82) is 0 Å². The summed E-state index contributed by atoms with van der Waals surface area (Å²) in [5, 5.41) is 2.92. The molecule has 3 amide bonds. The third-order valence-corrected chi connectivity index (χ3v) is 4.70. The average Bonchev–Trinajstić information content (AvgIpc) is 2.76. The van der Waals surface area contributed by atoms with Gasteiger partial charge in [-0.15, -0.1) is 0 Å². The highest BCUT2D eigenvalue weighted by atomic mass is 16.5. The first-order chi connectivity index (χ1) is 10.6. The number of nitrogens with zero attached hydrogens (tertiary/aromatic N) is 1. The summed E-state index contributed by atoms with van der Waals surface area (Å²) in [5.41, 5.74) is -0.656. The Morgan fingerprint density at radius 1 is 1.23 bits per heavy atom. The van der Waals surface area contributed by atoms with Gasteiger partial charge in [-0.2, -0.15) is 0 Å². The standard InChI is InChI=1S/C17H22N2O3/c1-13-7-9-17(10-8-13)15(20)19(16(21)18-17)11-12-22-14-5-3-2-4-6-14/h2-6,13H,7-12H2,1H3,(H,18,21). The summed E-state index contributed by atoms with van der Waals surface area (Å²) in [6.07, 6.45) is 3.46. The number of para-hydroxylation sites is 1. The molecule has 1 spiro atoms. The number of urea groups is 1. The van der Waals surface area contributed by atoms with Crippen LogP contribution < -0.4 is 10.1 Å². The molecule has 1 saturated carbocycles. The summed E-state index contributed by atoms with van der Waals surface area (Å²) in [4.78, 5) is 26.1. The molecule has 5 heteroatoms. The van der Waals surface area contributed by atoms with Gasteiger partial charge in [-0.25, -0.2) is 4.79 Å². The first kappa shape index (κ1) is 14.9. The second kappa shape index (κ2) is 5.99. The number of amides is 3. The van der Waals surface area contributed by atoms with Crippen LogP contribution in [0.1, 0.15) is 32.6 Å². The Kier molecular flexibility index (Phi) is 4.05. The molecule has 1 heterocycles. The van der Waals surface area contributed by atoms with Crippen LogP contribution in [0, 0.1) is 5.92 Å². The van der Waals surface area contributed by atoms with Crippen LogP contribution in [0.3, 0.4) is 0 Å². The van der Waals surface area contributed by atoms with E-state index < -0.39 is 5.54 Å². The van der Waals surface area contributed by atoms with E-state index >= 15 is 0 Å². The van der Waals surface area contributed by atoms with Crippen molar-refractivity contribution in [3.05, 3.63) is 30.3 Å². The minimum atomic E-state index is -0.656. The first-order valence-corrected chi connectivity index (χ1v) is 7.93. The Balaban J connectivity index is 1.58. The van der Waals surface area contributed by atoms with Gasteiger partial charge in [0.25, 0.3) is 5.91 Å². The van der Waals surface area contributed by atoms with Crippen LogP contribution in [0.5, 0.6) is 5.75 Å². The summed E-state index contributed by atoms with van der Waals surface area (Å²) in [6.45, 7) is 2.80. The number of rotatable bonds is 4. The molecule has 0 unspecified atom stereocenters. The van der Waals surface area contributed by atoms with Crippen molar-refractivity contribution in [3.8, 4) is 5.75 Å². The Bertz CT molecular complexity index is 550. The minimum absolute atomic E-state index is 0.0824. The van der Waals surface area contributed by atoms with Crippen LogP contribution in [-0.2, 0) is 4.79 Å². The van der Waals surface area contributed by atoms with Gasteiger partial charge in [0.1, 0.15) is 17.9 Å². The lowest BCUT2D eigenvalue weighted by Crippen LogP contribution is -2.49. The van der Waals surface area contributed by atoms with Gasteiger partial charge in [0.15, 0.2) is 0 Å². The SMILES string of the molecule is CC1CCC2(CC1)NC(=O)N(CCOc1ccccc1)C2=O. The molecule has 2 aliphatic rings. The molecule has 3 rings (SSSR count). The molecule has 22 heavy (non-hydrogen) atoms. The van der Waals surface area contributed by atoms with Crippen molar-refractivity contribution in [2.45, 2.75) is 38.1 Å². The number of benzene rings is 1. The highest BCUT2D eigenvalue weighted by Gasteiger charge is 2.51. The van der Waals surface area contributed by atoms with Gasteiger partial charge >= 0.3 is 6.03 Å². The average molecular weight is 302 g/mol. The van der Waals surface area contributed by atoms with Gasteiger partial charge in [0.05, 0.1) is 6.54 Å². The zero-order valence-corrected chi connectivity index (χ0v) is 12.9. The zero-order chi connectivity index (χ0) is 15.6. The van der Waals surface area contributed by atoms with E-state index in [-0.39, 0.29) is 18.5 Å². The Morgan fingerprint density at radius 2 is 1.91 bits per heavy atom. The van der Waals surface area contributed by atoms with Gasteiger partial charge in [0.2, 0.25) is 0 Å². The quantitative estimate of drug-likeness (QED) is 0.870. The Hall–Kier alpha value is -2.04. The van der Waals surface area contributed by atoms with Crippen LogP contribution >= 0.6 is 0 Å². The van der Waals surface area contributed by atoms with Gasteiger partial charge in [-0.05, 0) is 43.7 Å². The molecule has 1 aromatic carbocycles. The first-order valence-electron chi connectivity index (χ1n) is 7.93. The summed E-state index contributed by atoms with van der Waals surface area (Å²) in [6, 6.07) is 9.13. The Labute approximate surface area is 130 Å². The molecule has 0 radical (unpaired) electrons. The van der Waals surface area contributed by atoms with Crippen molar-refractivity contribution in [1.82, 2.24) is 10.2 Å². The topological polar surface area (TPSA) is 58.6 Å². The lowest BCUT2D eigenvalue weighted by molar-refractivity contribution is -0.132. The molecule has 1 aliphatic carbocycles. The summed E-state index contributed by atoms with van der Waals surface area (Å²) < 4.78 is 5.58. The smallest absolute Gasteiger partial charge is 0.325 e. The van der Waals surface area contributed by atoms with Crippen molar-refractivity contribution < 1.29 is 14.3 Å². The van der Waals surface area contributed by atoms with Crippen LogP contribution in [-0.4, -0.2) is 35.5 Å². The van der Waals surface area contributed by atoms with E-state index in [0.717, 1.165) is 31.4 Å². The fourth-order valence-electron chi connectivity index (χ4n) is 3.24. The third kappa shape index (κ3) is 2.80. The molecular formula is C17H22N2O3. The predicted octanol–water partition coefficient (Wildman–Crippen LogP) is 2.57. The van der Waals surface area contributed by atoms with Crippen LogP contribution in [0.15, 0.2) is 30.3 Å². The van der Waals surface area contributed by atoms with E-state index in [1.165, 1.54) is 4.90 Å². The van der Waals surface area contributed by atoms with E-state index in [1.807, 2.05) is 30.3 Å². The minimum Gasteiger partial charge on any atom is -0.492 e. The second-order valence-electron chi connectivity index (χ2n) is 6.31. The van der Waals surface area contributed by atoms with Crippen molar-refractivity contribution in [2.75, 3.05) is 13.2 Å². The van der Waals surface area contributed by atoms with Crippen LogP contribution in [0.4, 0.5) is 4.79 Å². The monoisotopic (exact) mass is 302 g/mol. The maximum Gasteiger partial charge on any atom is 0.325 e. The fourth-order valence-corrected chi connectivity index (χ4v) is 3.24. The number of hydrogen-bond acceptors (Lipinski definition) is 3. The number of ether oxygens (including phenoxy) is 1. The van der Waals surface area contributed by atoms with E-state index in [4.69, 9.17) is 4.74 Å². The lowest BCUT2D eigenvalue weighted by Gasteiger charge is -2.33. The zero-order valence-electron chi connectivity index (χ0n) is 12.9. The normalized spacial score (nSPS) is 28.0. The molecule has 0 aromatic heterocycles. The highest BCUT2D eigenvalue weighted by molar-refractivity contribution is 6.07.